The Labute approximate surface area is 218 Å². The van der Waals surface area contributed by atoms with Gasteiger partial charge in [0.2, 0.25) is 5.91 Å². The highest BCUT2D eigenvalue weighted by atomic mass is 35.5. The normalized spacial score (nSPS) is 12.3. The monoisotopic (exact) mass is 519 g/mol. The second-order valence-electron chi connectivity index (χ2n) is 8.59. The van der Waals surface area contributed by atoms with Crippen LogP contribution in [0.3, 0.4) is 0 Å². The van der Waals surface area contributed by atoms with Crippen molar-refractivity contribution in [1.82, 2.24) is 29.4 Å². The van der Waals surface area contributed by atoms with Crippen LogP contribution in [0, 0.1) is 13.8 Å². The Morgan fingerprint density at radius 3 is 2.58 bits per heavy atom. The number of carbonyl (C=O) groups is 1. The summed E-state index contributed by atoms with van der Waals surface area (Å²) in [5, 5.41) is 14.1. The highest BCUT2D eigenvalue weighted by Crippen LogP contribution is 2.29. The maximum Gasteiger partial charge on any atom is 0.237 e. The van der Waals surface area contributed by atoms with Gasteiger partial charge in [0.1, 0.15) is 0 Å². The first-order valence-corrected chi connectivity index (χ1v) is 13.1. The average Bonchev–Trinajstić information content (AvgIpc) is 3.44. The molecule has 184 valence electrons. The number of rotatable bonds is 8. The first-order chi connectivity index (χ1) is 17.4. The molecule has 2 aromatic carbocycles. The van der Waals surface area contributed by atoms with Gasteiger partial charge in [-0.05, 0) is 62.7 Å². The number of amides is 1. The number of nitrogens with zero attached hydrogens (tertiary/aromatic N) is 6. The van der Waals surface area contributed by atoms with Crippen molar-refractivity contribution in [2.75, 3.05) is 5.32 Å². The molecule has 1 amide bonds. The van der Waals surface area contributed by atoms with E-state index in [1.165, 1.54) is 11.8 Å². The number of hydrogen-bond acceptors (Lipinski definition) is 6. The summed E-state index contributed by atoms with van der Waals surface area (Å²) in [4.78, 5) is 22.8. The topological polar surface area (TPSA) is 90.0 Å². The van der Waals surface area contributed by atoms with Crippen LogP contribution >= 0.6 is 23.4 Å². The van der Waals surface area contributed by atoms with Crippen molar-refractivity contribution in [3.63, 3.8) is 0 Å². The number of hydrogen-bond donors (Lipinski definition) is 1. The van der Waals surface area contributed by atoms with Gasteiger partial charge in [-0.3, -0.25) is 9.48 Å². The molecular weight excluding hydrogens is 494 g/mol. The van der Waals surface area contributed by atoms with E-state index in [1.807, 2.05) is 49.7 Å². The largest absolute Gasteiger partial charge is 0.325 e. The summed E-state index contributed by atoms with van der Waals surface area (Å²) >= 11 is 7.36. The van der Waals surface area contributed by atoms with E-state index >= 15 is 0 Å². The zero-order valence-corrected chi connectivity index (χ0v) is 21.8. The fraction of sp³-hybridized carbons (Fsp3) is 0.269. The molecule has 0 aliphatic rings. The van der Waals surface area contributed by atoms with E-state index in [2.05, 4.69) is 16.5 Å². The van der Waals surface area contributed by atoms with E-state index in [1.54, 1.807) is 28.8 Å². The van der Waals surface area contributed by atoms with E-state index in [0.717, 1.165) is 27.9 Å². The van der Waals surface area contributed by atoms with Gasteiger partial charge in [-0.2, -0.15) is 9.61 Å². The van der Waals surface area contributed by atoms with Gasteiger partial charge < -0.3 is 5.32 Å². The first-order valence-electron chi connectivity index (χ1n) is 11.8. The molecule has 1 atom stereocenters. The number of fused-ring (bicyclic) bond motifs is 3. The third-order valence-electron chi connectivity index (χ3n) is 5.87. The molecule has 1 N–H and O–H groups in total. The van der Waals surface area contributed by atoms with Gasteiger partial charge in [-0.15, -0.1) is 5.10 Å². The molecule has 10 heteroatoms. The van der Waals surface area contributed by atoms with Crippen LogP contribution in [0.25, 0.3) is 16.6 Å². The number of benzene rings is 2. The highest BCUT2D eigenvalue weighted by molar-refractivity contribution is 8.00. The van der Waals surface area contributed by atoms with Crippen molar-refractivity contribution in [2.45, 2.75) is 50.6 Å². The van der Waals surface area contributed by atoms with Crippen molar-refractivity contribution in [1.29, 1.82) is 0 Å². The average molecular weight is 520 g/mol. The van der Waals surface area contributed by atoms with Gasteiger partial charge in [0.05, 0.1) is 16.5 Å². The lowest BCUT2D eigenvalue weighted by molar-refractivity contribution is -0.115. The van der Waals surface area contributed by atoms with Crippen LogP contribution in [0.15, 0.2) is 59.8 Å². The molecule has 5 rings (SSSR count). The molecule has 36 heavy (non-hydrogen) atoms. The van der Waals surface area contributed by atoms with Gasteiger partial charge in [0.25, 0.3) is 0 Å². The van der Waals surface area contributed by atoms with Crippen molar-refractivity contribution in [3.8, 4) is 0 Å². The predicted molar refractivity (Wildman–Crippen MR) is 144 cm³/mol. The van der Waals surface area contributed by atoms with Crippen LogP contribution in [0.1, 0.15) is 30.6 Å². The molecule has 0 aliphatic carbocycles. The number of halogens is 1. The Bertz CT molecular complexity index is 1540. The smallest absolute Gasteiger partial charge is 0.237 e. The fourth-order valence-electron chi connectivity index (χ4n) is 4.07. The van der Waals surface area contributed by atoms with Crippen molar-refractivity contribution < 1.29 is 4.79 Å². The molecule has 5 aromatic rings. The van der Waals surface area contributed by atoms with Crippen molar-refractivity contribution >= 4 is 51.5 Å². The number of para-hydroxylation sites is 1. The second kappa shape index (κ2) is 10.3. The van der Waals surface area contributed by atoms with E-state index in [9.17, 15) is 4.79 Å². The van der Waals surface area contributed by atoms with Crippen LogP contribution in [0.4, 0.5) is 5.69 Å². The number of aromatic nitrogens is 6. The minimum absolute atomic E-state index is 0.0993. The number of carbonyl (C=O) groups excluding carboxylic acids is 1. The SMILES string of the molecule is CCC(Sc1nc2ccccc2c2nc(CCn3nc(C)cc3C)nn12)C(=O)Nc1ccc(Cl)cc1. The second-order valence-corrected chi connectivity index (χ2v) is 10.2. The summed E-state index contributed by atoms with van der Waals surface area (Å²) in [6.07, 6.45) is 1.26. The maximum atomic E-state index is 13.1. The summed E-state index contributed by atoms with van der Waals surface area (Å²) in [6, 6.07) is 17.0. The minimum atomic E-state index is -0.361. The lowest BCUT2D eigenvalue weighted by atomic mass is 10.2. The highest BCUT2D eigenvalue weighted by Gasteiger charge is 2.22. The molecule has 0 aliphatic heterocycles. The molecule has 0 bridgehead atoms. The Balaban J connectivity index is 1.45. The third kappa shape index (κ3) is 5.08. The summed E-state index contributed by atoms with van der Waals surface area (Å²) in [6.45, 7) is 6.70. The third-order valence-corrected chi connectivity index (χ3v) is 7.43. The van der Waals surface area contributed by atoms with Crippen LogP contribution in [0.5, 0.6) is 0 Å². The first kappa shape index (κ1) is 24.3. The van der Waals surface area contributed by atoms with E-state index in [0.29, 0.717) is 41.1 Å². The van der Waals surface area contributed by atoms with Crippen LogP contribution in [0.2, 0.25) is 5.02 Å². The Morgan fingerprint density at radius 1 is 1.08 bits per heavy atom. The molecule has 0 radical (unpaired) electrons. The number of thioether (sulfide) groups is 1. The molecule has 0 spiro atoms. The number of nitrogens with one attached hydrogen (secondary N) is 1. The molecule has 3 heterocycles. The van der Waals surface area contributed by atoms with Crippen LogP contribution in [-0.4, -0.2) is 40.5 Å². The summed E-state index contributed by atoms with van der Waals surface area (Å²) < 4.78 is 3.74. The van der Waals surface area contributed by atoms with E-state index in [-0.39, 0.29) is 11.2 Å². The fourth-order valence-corrected chi connectivity index (χ4v) is 5.16. The quantitative estimate of drug-likeness (QED) is 0.215. The zero-order chi connectivity index (χ0) is 25.2. The predicted octanol–water partition coefficient (Wildman–Crippen LogP) is 5.50. The molecule has 8 nitrogen and oxygen atoms in total. The molecular formula is C26H26ClN7OS. The summed E-state index contributed by atoms with van der Waals surface area (Å²) in [5.74, 6) is 0.610. The Hall–Kier alpha value is -3.43. The Kier molecular flexibility index (Phi) is 6.93. The lowest BCUT2D eigenvalue weighted by Crippen LogP contribution is -2.25. The molecule has 0 saturated heterocycles. The number of anilines is 1. The zero-order valence-electron chi connectivity index (χ0n) is 20.3. The van der Waals surface area contributed by atoms with Gasteiger partial charge in [-0.25, -0.2) is 9.97 Å². The maximum absolute atomic E-state index is 13.1. The number of aryl methyl sites for hydroxylation is 4. The standard InChI is InChI=1S/C26H26ClN7OS/c1-4-22(25(35)28-19-11-9-18(27)10-12-19)36-26-29-21-8-6-5-7-20(21)24-30-23(32-34(24)26)13-14-33-17(3)15-16(2)31-33/h5-12,15,22H,4,13-14H2,1-3H3,(H,28,35). The molecule has 0 fully saturated rings. The van der Waals surface area contributed by atoms with Crippen molar-refractivity contribution in [2.24, 2.45) is 0 Å². The lowest BCUT2D eigenvalue weighted by Gasteiger charge is -2.15. The van der Waals surface area contributed by atoms with Crippen LogP contribution in [-0.2, 0) is 17.8 Å². The van der Waals surface area contributed by atoms with Gasteiger partial charge >= 0.3 is 0 Å². The van der Waals surface area contributed by atoms with Gasteiger partial charge in [-0.1, -0.05) is 42.4 Å². The van der Waals surface area contributed by atoms with Gasteiger partial charge in [0, 0.05) is 34.8 Å². The molecule has 0 saturated carbocycles. The summed E-state index contributed by atoms with van der Waals surface area (Å²) in [5.41, 5.74) is 4.36. The molecule has 3 aromatic heterocycles. The Morgan fingerprint density at radius 2 is 1.86 bits per heavy atom. The van der Waals surface area contributed by atoms with Gasteiger partial charge in [0.15, 0.2) is 16.6 Å². The molecule has 1 unspecified atom stereocenters. The summed E-state index contributed by atoms with van der Waals surface area (Å²) in [7, 11) is 0. The van der Waals surface area contributed by atoms with E-state index in [4.69, 9.17) is 26.7 Å². The van der Waals surface area contributed by atoms with Crippen LogP contribution < -0.4 is 5.32 Å². The minimum Gasteiger partial charge on any atom is -0.325 e. The van der Waals surface area contributed by atoms with Crippen molar-refractivity contribution in [3.05, 3.63) is 76.8 Å². The van der Waals surface area contributed by atoms with E-state index < -0.39 is 0 Å².